The Morgan fingerprint density at radius 1 is 1.15 bits per heavy atom. The molecule has 2 aromatic rings. The van der Waals surface area contributed by atoms with Crippen molar-refractivity contribution in [2.24, 2.45) is 0 Å². The topological polar surface area (TPSA) is 60.0 Å². The van der Waals surface area contributed by atoms with Crippen molar-refractivity contribution >= 4 is 5.91 Å². The number of para-hydroxylation sites is 2. The van der Waals surface area contributed by atoms with Gasteiger partial charge in [0.05, 0.1) is 19.8 Å². The van der Waals surface area contributed by atoms with Gasteiger partial charge in [0.2, 0.25) is 0 Å². The summed E-state index contributed by atoms with van der Waals surface area (Å²) < 4.78 is 16.6. The van der Waals surface area contributed by atoms with E-state index in [4.69, 9.17) is 14.2 Å². The maximum absolute atomic E-state index is 12.0. The molecule has 0 bridgehead atoms. The van der Waals surface area contributed by atoms with E-state index >= 15 is 0 Å². The van der Waals surface area contributed by atoms with Crippen LogP contribution in [-0.2, 0) is 9.53 Å². The standard InChI is InChI=1S/C21H26N2O4/c1-25-18-9-5-6-10-19(18)27-16-21(24)22-11-12-23-13-14-26-20(15-23)17-7-3-2-4-8-17/h2-10,20H,11-16H2,1H3,(H,22,24). The third-order valence-electron chi connectivity index (χ3n) is 4.50. The van der Waals surface area contributed by atoms with E-state index in [1.807, 2.05) is 30.3 Å². The Morgan fingerprint density at radius 2 is 1.89 bits per heavy atom. The van der Waals surface area contributed by atoms with Crippen LogP contribution >= 0.6 is 0 Å². The number of carbonyl (C=O) groups is 1. The molecule has 1 saturated heterocycles. The minimum Gasteiger partial charge on any atom is -0.493 e. The van der Waals surface area contributed by atoms with Gasteiger partial charge in [-0.2, -0.15) is 0 Å². The molecule has 2 aromatic carbocycles. The van der Waals surface area contributed by atoms with E-state index in [9.17, 15) is 4.79 Å². The molecule has 27 heavy (non-hydrogen) atoms. The number of ether oxygens (including phenoxy) is 3. The van der Waals surface area contributed by atoms with Crippen LogP contribution < -0.4 is 14.8 Å². The largest absolute Gasteiger partial charge is 0.493 e. The lowest BCUT2D eigenvalue weighted by Crippen LogP contribution is -2.43. The monoisotopic (exact) mass is 370 g/mol. The first kappa shape index (κ1) is 19.2. The van der Waals surface area contributed by atoms with Crippen LogP contribution in [0.25, 0.3) is 0 Å². The van der Waals surface area contributed by atoms with Crippen molar-refractivity contribution in [1.82, 2.24) is 10.2 Å². The smallest absolute Gasteiger partial charge is 0.257 e. The maximum Gasteiger partial charge on any atom is 0.257 e. The van der Waals surface area contributed by atoms with Crippen LogP contribution in [0.3, 0.4) is 0 Å². The second-order valence-electron chi connectivity index (χ2n) is 6.36. The number of carbonyl (C=O) groups excluding carboxylic acids is 1. The molecule has 1 aliphatic heterocycles. The average Bonchev–Trinajstić information content (AvgIpc) is 2.73. The summed E-state index contributed by atoms with van der Waals surface area (Å²) in [5.74, 6) is 1.04. The van der Waals surface area contributed by atoms with Gasteiger partial charge in [0, 0.05) is 26.2 Å². The van der Waals surface area contributed by atoms with Crippen molar-refractivity contribution in [3.63, 3.8) is 0 Å². The number of methoxy groups -OCH3 is 1. The molecular formula is C21H26N2O4. The van der Waals surface area contributed by atoms with Crippen molar-refractivity contribution in [2.45, 2.75) is 6.10 Å². The molecule has 1 fully saturated rings. The molecule has 1 heterocycles. The summed E-state index contributed by atoms with van der Waals surface area (Å²) in [5, 5.41) is 2.91. The Labute approximate surface area is 160 Å². The van der Waals surface area contributed by atoms with Gasteiger partial charge in [-0.1, -0.05) is 42.5 Å². The minimum absolute atomic E-state index is 0.0316. The van der Waals surface area contributed by atoms with E-state index in [0.717, 1.165) is 19.6 Å². The molecule has 0 spiro atoms. The number of nitrogens with zero attached hydrogens (tertiary/aromatic N) is 1. The highest BCUT2D eigenvalue weighted by Gasteiger charge is 2.21. The number of amides is 1. The summed E-state index contributed by atoms with van der Waals surface area (Å²) in [4.78, 5) is 14.3. The zero-order chi connectivity index (χ0) is 18.9. The first-order valence-corrected chi connectivity index (χ1v) is 9.17. The molecule has 6 nitrogen and oxygen atoms in total. The normalized spacial score (nSPS) is 17.3. The summed E-state index contributed by atoms with van der Waals surface area (Å²) >= 11 is 0. The Kier molecular flexibility index (Phi) is 7.07. The van der Waals surface area contributed by atoms with Crippen molar-refractivity contribution in [3.8, 4) is 11.5 Å². The summed E-state index contributed by atoms with van der Waals surface area (Å²) in [6.45, 7) is 3.73. The van der Waals surface area contributed by atoms with Crippen LogP contribution in [0.2, 0.25) is 0 Å². The first-order valence-electron chi connectivity index (χ1n) is 9.17. The fourth-order valence-electron chi connectivity index (χ4n) is 3.06. The molecule has 1 amide bonds. The highest BCUT2D eigenvalue weighted by molar-refractivity contribution is 5.77. The molecular weight excluding hydrogens is 344 g/mol. The van der Waals surface area contributed by atoms with Gasteiger partial charge in [-0.25, -0.2) is 0 Å². The lowest BCUT2D eigenvalue weighted by Gasteiger charge is -2.33. The zero-order valence-electron chi connectivity index (χ0n) is 15.6. The van der Waals surface area contributed by atoms with E-state index in [1.165, 1.54) is 5.56 Å². The van der Waals surface area contributed by atoms with Gasteiger partial charge >= 0.3 is 0 Å². The van der Waals surface area contributed by atoms with E-state index < -0.39 is 0 Å². The third kappa shape index (κ3) is 5.70. The van der Waals surface area contributed by atoms with E-state index in [-0.39, 0.29) is 18.6 Å². The molecule has 1 N–H and O–H groups in total. The van der Waals surface area contributed by atoms with E-state index in [0.29, 0.717) is 24.7 Å². The van der Waals surface area contributed by atoms with Gasteiger partial charge in [0.25, 0.3) is 5.91 Å². The number of hydrogen-bond acceptors (Lipinski definition) is 5. The Bertz CT molecular complexity index is 723. The van der Waals surface area contributed by atoms with Crippen molar-refractivity contribution < 1.29 is 19.0 Å². The maximum atomic E-state index is 12.0. The fourth-order valence-corrected chi connectivity index (χ4v) is 3.06. The summed E-state index contributed by atoms with van der Waals surface area (Å²) in [6.07, 6.45) is 0.0875. The predicted octanol–water partition coefficient (Wildman–Crippen LogP) is 2.26. The van der Waals surface area contributed by atoms with Gasteiger partial charge in [0.15, 0.2) is 18.1 Å². The quantitative estimate of drug-likeness (QED) is 0.772. The summed E-state index contributed by atoms with van der Waals surface area (Å²) in [7, 11) is 1.58. The number of hydrogen-bond donors (Lipinski definition) is 1. The van der Waals surface area contributed by atoms with Crippen molar-refractivity contribution in [3.05, 3.63) is 60.2 Å². The van der Waals surface area contributed by atoms with Crippen LogP contribution in [0.4, 0.5) is 0 Å². The molecule has 144 valence electrons. The van der Waals surface area contributed by atoms with Gasteiger partial charge in [0.1, 0.15) is 0 Å². The third-order valence-corrected chi connectivity index (χ3v) is 4.50. The van der Waals surface area contributed by atoms with Gasteiger partial charge in [-0.15, -0.1) is 0 Å². The Balaban J connectivity index is 1.38. The molecule has 3 rings (SSSR count). The predicted molar refractivity (Wildman–Crippen MR) is 103 cm³/mol. The van der Waals surface area contributed by atoms with Crippen LogP contribution in [0.1, 0.15) is 11.7 Å². The second-order valence-corrected chi connectivity index (χ2v) is 6.36. The molecule has 0 aliphatic carbocycles. The molecule has 6 heteroatoms. The number of benzene rings is 2. The van der Waals surface area contributed by atoms with Gasteiger partial charge in [-0.3, -0.25) is 9.69 Å². The highest BCUT2D eigenvalue weighted by atomic mass is 16.5. The molecule has 0 aromatic heterocycles. The number of morpholine rings is 1. The zero-order valence-corrected chi connectivity index (χ0v) is 15.6. The van der Waals surface area contributed by atoms with Gasteiger partial charge in [-0.05, 0) is 17.7 Å². The van der Waals surface area contributed by atoms with Gasteiger partial charge < -0.3 is 19.5 Å². The fraction of sp³-hybridized carbons (Fsp3) is 0.381. The average molecular weight is 370 g/mol. The molecule has 0 radical (unpaired) electrons. The van der Waals surface area contributed by atoms with Crippen LogP contribution in [0, 0.1) is 0 Å². The lowest BCUT2D eigenvalue weighted by molar-refractivity contribution is -0.123. The summed E-state index contributed by atoms with van der Waals surface area (Å²) in [5.41, 5.74) is 1.19. The SMILES string of the molecule is COc1ccccc1OCC(=O)NCCN1CCOC(c2ccccc2)C1. The van der Waals surface area contributed by atoms with E-state index in [1.54, 1.807) is 19.2 Å². The van der Waals surface area contributed by atoms with Crippen LogP contribution in [-0.4, -0.2) is 57.3 Å². The molecule has 1 atom stereocenters. The molecule has 0 saturated carbocycles. The summed E-state index contributed by atoms with van der Waals surface area (Å²) in [6, 6.07) is 17.5. The van der Waals surface area contributed by atoms with Crippen LogP contribution in [0.5, 0.6) is 11.5 Å². The van der Waals surface area contributed by atoms with Crippen LogP contribution in [0.15, 0.2) is 54.6 Å². The highest BCUT2D eigenvalue weighted by Crippen LogP contribution is 2.25. The Hall–Kier alpha value is -2.57. The molecule has 1 unspecified atom stereocenters. The second kappa shape index (κ2) is 9.94. The van der Waals surface area contributed by atoms with E-state index in [2.05, 4.69) is 22.3 Å². The minimum atomic E-state index is -0.145. The Morgan fingerprint density at radius 3 is 2.67 bits per heavy atom. The van der Waals surface area contributed by atoms with Crippen molar-refractivity contribution in [1.29, 1.82) is 0 Å². The first-order chi connectivity index (χ1) is 13.3. The number of nitrogens with one attached hydrogen (secondary N) is 1. The lowest BCUT2D eigenvalue weighted by atomic mass is 10.1. The molecule has 1 aliphatic rings. The number of rotatable bonds is 8. The van der Waals surface area contributed by atoms with Crippen molar-refractivity contribution in [2.75, 3.05) is 46.5 Å².